The molecule has 160 valence electrons. The highest BCUT2D eigenvalue weighted by atomic mass is 16.2. The first-order valence-corrected chi connectivity index (χ1v) is 9.87. The number of aromatic nitrogens is 2. The maximum Gasteiger partial charge on any atom is 0.325 e. The van der Waals surface area contributed by atoms with Gasteiger partial charge in [0.05, 0.1) is 0 Å². The third-order valence-electron chi connectivity index (χ3n) is 4.85. The van der Waals surface area contributed by atoms with Gasteiger partial charge in [-0.15, -0.1) is 0 Å². The first-order valence-electron chi connectivity index (χ1n) is 9.87. The molecule has 8 heteroatoms. The van der Waals surface area contributed by atoms with Gasteiger partial charge in [0, 0.05) is 35.5 Å². The number of hydrogen-bond acceptors (Lipinski definition) is 4. The molecule has 1 aromatic heterocycles. The van der Waals surface area contributed by atoms with Gasteiger partial charge in [0.15, 0.2) is 0 Å². The minimum Gasteiger partial charge on any atom is -0.352 e. The lowest BCUT2D eigenvalue weighted by Crippen LogP contribution is -2.29. The second kappa shape index (κ2) is 9.71. The van der Waals surface area contributed by atoms with E-state index in [0.29, 0.717) is 22.5 Å². The van der Waals surface area contributed by atoms with E-state index < -0.39 is 11.2 Å². The number of H-pyrrole nitrogens is 2. The summed E-state index contributed by atoms with van der Waals surface area (Å²) in [5.74, 6) is -0.429. The standard InChI is InChI=1S/C23H24N4O4/c1-14-6-8-17(9-7-14)21(29)26-18-5-3-4-16(12-18)13-24-20(28)11-10-19-15(2)25-23(31)27-22(19)30/h3-9,12H,10-11,13H2,1-2H3,(H,24,28)(H,26,29)(H2,25,27,30,31). The molecule has 0 saturated carbocycles. The molecule has 0 atom stereocenters. The highest BCUT2D eigenvalue weighted by Crippen LogP contribution is 2.13. The van der Waals surface area contributed by atoms with Crippen molar-refractivity contribution in [2.75, 3.05) is 5.32 Å². The Bertz CT molecular complexity index is 1210. The topological polar surface area (TPSA) is 124 Å². The lowest BCUT2D eigenvalue weighted by Gasteiger charge is -2.09. The van der Waals surface area contributed by atoms with E-state index in [0.717, 1.165) is 11.1 Å². The van der Waals surface area contributed by atoms with Crippen molar-refractivity contribution in [3.8, 4) is 0 Å². The van der Waals surface area contributed by atoms with Crippen LogP contribution < -0.4 is 21.9 Å². The minimum absolute atomic E-state index is 0.111. The van der Waals surface area contributed by atoms with Crippen molar-refractivity contribution >= 4 is 17.5 Å². The molecule has 0 bridgehead atoms. The lowest BCUT2D eigenvalue weighted by molar-refractivity contribution is -0.121. The van der Waals surface area contributed by atoms with Crippen molar-refractivity contribution in [1.29, 1.82) is 0 Å². The Morgan fingerprint density at radius 3 is 2.42 bits per heavy atom. The molecule has 0 radical (unpaired) electrons. The van der Waals surface area contributed by atoms with Gasteiger partial charge >= 0.3 is 5.69 Å². The van der Waals surface area contributed by atoms with Crippen LogP contribution in [-0.2, 0) is 17.8 Å². The lowest BCUT2D eigenvalue weighted by atomic mass is 10.1. The zero-order chi connectivity index (χ0) is 22.4. The van der Waals surface area contributed by atoms with Crippen molar-refractivity contribution in [2.45, 2.75) is 33.2 Å². The van der Waals surface area contributed by atoms with Crippen LogP contribution in [0.3, 0.4) is 0 Å². The van der Waals surface area contributed by atoms with Gasteiger partial charge in [-0.3, -0.25) is 19.4 Å². The van der Waals surface area contributed by atoms with Gasteiger partial charge in [0.1, 0.15) is 0 Å². The van der Waals surface area contributed by atoms with E-state index in [2.05, 4.69) is 20.6 Å². The van der Waals surface area contributed by atoms with E-state index >= 15 is 0 Å². The summed E-state index contributed by atoms with van der Waals surface area (Å²) in [6.45, 7) is 3.87. The summed E-state index contributed by atoms with van der Waals surface area (Å²) in [5, 5.41) is 5.65. The zero-order valence-corrected chi connectivity index (χ0v) is 17.4. The van der Waals surface area contributed by atoms with E-state index in [-0.39, 0.29) is 31.2 Å². The monoisotopic (exact) mass is 420 g/mol. The number of amides is 2. The Morgan fingerprint density at radius 1 is 0.968 bits per heavy atom. The predicted molar refractivity (Wildman–Crippen MR) is 118 cm³/mol. The van der Waals surface area contributed by atoms with Crippen LogP contribution in [0, 0.1) is 13.8 Å². The van der Waals surface area contributed by atoms with Crippen LogP contribution in [0.25, 0.3) is 0 Å². The zero-order valence-electron chi connectivity index (χ0n) is 17.4. The number of carbonyl (C=O) groups is 2. The molecular weight excluding hydrogens is 396 g/mol. The van der Waals surface area contributed by atoms with E-state index in [1.54, 1.807) is 37.3 Å². The molecule has 0 aliphatic heterocycles. The molecule has 2 amide bonds. The molecule has 0 fully saturated rings. The molecule has 2 aromatic carbocycles. The van der Waals surface area contributed by atoms with E-state index in [1.165, 1.54) is 0 Å². The summed E-state index contributed by atoms with van der Waals surface area (Å²) in [5.41, 5.74) is 2.90. The van der Waals surface area contributed by atoms with Crippen LogP contribution in [0.2, 0.25) is 0 Å². The Kier molecular flexibility index (Phi) is 6.81. The van der Waals surface area contributed by atoms with Gasteiger partial charge in [0.2, 0.25) is 5.91 Å². The van der Waals surface area contributed by atoms with Crippen molar-refractivity contribution in [1.82, 2.24) is 15.3 Å². The number of anilines is 1. The fourth-order valence-electron chi connectivity index (χ4n) is 3.12. The fraction of sp³-hybridized carbons (Fsp3) is 0.217. The average molecular weight is 420 g/mol. The van der Waals surface area contributed by atoms with Crippen molar-refractivity contribution in [3.63, 3.8) is 0 Å². The average Bonchev–Trinajstić information content (AvgIpc) is 2.72. The van der Waals surface area contributed by atoms with Crippen LogP contribution in [0.15, 0.2) is 58.1 Å². The molecular formula is C23H24N4O4. The smallest absolute Gasteiger partial charge is 0.325 e. The third kappa shape index (κ3) is 6.02. The number of rotatable bonds is 7. The van der Waals surface area contributed by atoms with Gasteiger partial charge in [0.25, 0.3) is 11.5 Å². The summed E-state index contributed by atoms with van der Waals surface area (Å²) in [7, 11) is 0. The Balaban J connectivity index is 1.54. The molecule has 4 N–H and O–H groups in total. The predicted octanol–water partition coefficient (Wildman–Crippen LogP) is 2.18. The second-order valence-corrected chi connectivity index (χ2v) is 7.31. The van der Waals surface area contributed by atoms with Gasteiger partial charge in [-0.25, -0.2) is 4.79 Å². The molecule has 0 aliphatic rings. The van der Waals surface area contributed by atoms with E-state index in [1.807, 2.05) is 25.1 Å². The molecule has 0 spiro atoms. The van der Waals surface area contributed by atoms with Gasteiger partial charge in [-0.2, -0.15) is 0 Å². The third-order valence-corrected chi connectivity index (χ3v) is 4.85. The van der Waals surface area contributed by atoms with Gasteiger partial charge in [-0.1, -0.05) is 29.8 Å². The normalized spacial score (nSPS) is 10.5. The van der Waals surface area contributed by atoms with Crippen LogP contribution in [0.5, 0.6) is 0 Å². The molecule has 1 heterocycles. The molecule has 31 heavy (non-hydrogen) atoms. The van der Waals surface area contributed by atoms with Crippen molar-refractivity contribution in [3.05, 3.63) is 97.3 Å². The fourth-order valence-corrected chi connectivity index (χ4v) is 3.12. The first kappa shape index (κ1) is 21.8. The summed E-state index contributed by atoms with van der Waals surface area (Å²) in [6.07, 6.45) is 0.330. The second-order valence-electron chi connectivity index (χ2n) is 7.31. The number of aryl methyl sites for hydroxylation is 2. The number of aromatic amines is 2. The summed E-state index contributed by atoms with van der Waals surface area (Å²) in [6, 6.07) is 14.5. The Labute approximate surface area is 178 Å². The molecule has 0 aliphatic carbocycles. The van der Waals surface area contributed by atoms with Gasteiger partial charge in [-0.05, 0) is 50.1 Å². The SMILES string of the molecule is Cc1ccc(C(=O)Nc2cccc(CNC(=O)CCc3c(C)[nH]c(=O)[nH]c3=O)c2)cc1. The van der Waals surface area contributed by atoms with Crippen molar-refractivity contribution in [2.24, 2.45) is 0 Å². The van der Waals surface area contributed by atoms with E-state index in [9.17, 15) is 19.2 Å². The van der Waals surface area contributed by atoms with E-state index in [4.69, 9.17) is 0 Å². The summed E-state index contributed by atoms with van der Waals surface area (Å²) < 4.78 is 0. The van der Waals surface area contributed by atoms with Crippen LogP contribution in [0.1, 0.15) is 39.2 Å². The summed E-state index contributed by atoms with van der Waals surface area (Å²) >= 11 is 0. The minimum atomic E-state index is -0.565. The molecule has 8 nitrogen and oxygen atoms in total. The van der Waals surface area contributed by atoms with Crippen molar-refractivity contribution < 1.29 is 9.59 Å². The highest BCUT2D eigenvalue weighted by Gasteiger charge is 2.10. The molecule has 3 aromatic rings. The number of carbonyl (C=O) groups excluding carboxylic acids is 2. The quantitative estimate of drug-likeness (QED) is 0.468. The van der Waals surface area contributed by atoms with Gasteiger partial charge < -0.3 is 15.6 Å². The number of nitrogens with one attached hydrogen (secondary N) is 4. The summed E-state index contributed by atoms with van der Waals surface area (Å²) in [4.78, 5) is 52.3. The molecule has 0 saturated heterocycles. The Hall–Kier alpha value is -3.94. The largest absolute Gasteiger partial charge is 0.352 e. The highest BCUT2D eigenvalue weighted by molar-refractivity contribution is 6.04. The first-order chi connectivity index (χ1) is 14.8. The van der Waals surface area contributed by atoms with Crippen LogP contribution in [0.4, 0.5) is 5.69 Å². The maximum atomic E-state index is 12.4. The van der Waals surface area contributed by atoms with Crippen LogP contribution in [-0.4, -0.2) is 21.8 Å². The molecule has 0 unspecified atom stereocenters. The maximum absolute atomic E-state index is 12.4. The number of benzene rings is 2. The molecule has 3 rings (SSSR count). The number of hydrogen-bond donors (Lipinski definition) is 4. The Morgan fingerprint density at radius 2 is 1.71 bits per heavy atom. The van der Waals surface area contributed by atoms with Crippen LogP contribution >= 0.6 is 0 Å².